The van der Waals surface area contributed by atoms with E-state index < -0.39 is 0 Å². The average Bonchev–Trinajstić information content (AvgIpc) is 2.86. The molecule has 1 aliphatic rings. The number of carbonyl (C=O) groups is 1. The number of nitrogens with one attached hydrogen (secondary N) is 1. The van der Waals surface area contributed by atoms with Crippen molar-refractivity contribution in [2.45, 2.75) is 23.5 Å². The molecule has 1 N–H and O–H groups in total. The van der Waals surface area contributed by atoms with Gasteiger partial charge in [0.25, 0.3) is 0 Å². The molecular formula is C19H20ClNO4S. The van der Waals surface area contributed by atoms with E-state index in [1.165, 1.54) is 11.8 Å². The highest BCUT2D eigenvalue weighted by molar-refractivity contribution is 8.00. The molecule has 1 atom stereocenters. The molecule has 0 saturated heterocycles. The van der Waals surface area contributed by atoms with E-state index >= 15 is 0 Å². The third-order valence-corrected chi connectivity index (χ3v) is 5.21. The van der Waals surface area contributed by atoms with E-state index in [9.17, 15) is 4.79 Å². The van der Waals surface area contributed by atoms with Crippen LogP contribution < -0.4 is 19.5 Å². The first-order valence-electron chi connectivity index (χ1n) is 8.27. The molecule has 2 aromatic carbocycles. The lowest BCUT2D eigenvalue weighted by Crippen LogP contribution is -2.22. The van der Waals surface area contributed by atoms with Crippen molar-refractivity contribution in [3.63, 3.8) is 0 Å². The summed E-state index contributed by atoms with van der Waals surface area (Å²) in [6.07, 6.45) is 0.861. The van der Waals surface area contributed by atoms with Gasteiger partial charge in [-0.15, -0.1) is 11.8 Å². The number of fused-ring (bicyclic) bond motifs is 1. The number of halogens is 1. The SMILES string of the molecule is COc1ccc(NC(=O)C(C)Sc2ccc3c(c2)OCCCO3)cc1Cl. The van der Waals surface area contributed by atoms with Crippen molar-refractivity contribution in [2.75, 3.05) is 25.6 Å². The number of thioether (sulfide) groups is 1. The van der Waals surface area contributed by atoms with Crippen molar-refractivity contribution in [2.24, 2.45) is 0 Å². The number of anilines is 1. The van der Waals surface area contributed by atoms with Gasteiger partial charge in [-0.3, -0.25) is 4.79 Å². The minimum absolute atomic E-state index is 0.108. The topological polar surface area (TPSA) is 56.8 Å². The zero-order valence-corrected chi connectivity index (χ0v) is 16.2. The Bertz CT molecular complexity index is 799. The standard InChI is InChI=1S/C19H20ClNO4S/c1-12(19(22)21-13-4-6-16(23-2)15(20)10-13)26-14-5-7-17-18(11-14)25-9-3-8-24-17/h4-7,10-12H,3,8-9H2,1-2H3,(H,21,22). The average molecular weight is 394 g/mol. The zero-order valence-electron chi connectivity index (χ0n) is 14.6. The van der Waals surface area contributed by atoms with Crippen LogP contribution in [-0.2, 0) is 4.79 Å². The van der Waals surface area contributed by atoms with E-state index in [4.69, 9.17) is 25.8 Å². The molecular weight excluding hydrogens is 374 g/mol. The van der Waals surface area contributed by atoms with Crippen LogP contribution in [0.25, 0.3) is 0 Å². The Morgan fingerprint density at radius 3 is 2.69 bits per heavy atom. The normalized spacial score (nSPS) is 14.3. The molecule has 0 bridgehead atoms. The third kappa shape index (κ3) is 4.56. The molecule has 0 aliphatic carbocycles. The molecule has 0 spiro atoms. The van der Waals surface area contributed by atoms with Gasteiger partial charge >= 0.3 is 0 Å². The summed E-state index contributed by atoms with van der Waals surface area (Å²) in [7, 11) is 1.55. The summed E-state index contributed by atoms with van der Waals surface area (Å²) in [4.78, 5) is 13.4. The van der Waals surface area contributed by atoms with Crippen LogP contribution in [0, 0.1) is 0 Å². The molecule has 3 rings (SSSR count). The molecule has 1 unspecified atom stereocenters. The fraction of sp³-hybridized carbons (Fsp3) is 0.316. The molecule has 7 heteroatoms. The molecule has 5 nitrogen and oxygen atoms in total. The number of amides is 1. The van der Waals surface area contributed by atoms with Gasteiger partial charge in [0.15, 0.2) is 11.5 Å². The molecule has 0 radical (unpaired) electrons. The van der Waals surface area contributed by atoms with Gasteiger partial charge in [-0.05, 0) is 43.3 Å². The lowest BCUT2D eigenvalue weighted by Gasteiger charge is -2.14. The summed E-state index contributed by atoms with van der Waals surface area (Å²) in [5.74, 6) is 1.93. The Labute approximate surface area is 162 Å². The van der Waals surface area contributed by atoms with Crippen molar-refractivity contribution < 1.29 is 19.0 Å². The second kappa shape index (κ2) is 8.56. The first-order valence-corrected chi connectivity index (χ1v) is 9.53. The lowest BCUT2D eigenvalue weighted by atomic mass is 10.3. The van der Waals surface area contributed by atoms with Gasteiger partial charge in [-0.25, -0.2) is 0 Å². The molecule has 2 aromatic rings. The number of ether oxygens (including phenoxy) is 3. The van der Waals surface area contributed by atoms with E-state index in [0.717, 1.165) is 22.8 Å². The van der Waals surface area contributed by atoms with Crippen LogP contribution in [-0.4, -0.2) is 31.5 Å². The smallest absolute Gasteiger partial charge is 0.237 e. The maximum absolute atomic E-state index is 12.5. The maximum atomic E-state index is 12.5. The van der Waals surface area contributed by atoms with Gasteiger partial charge in [0.1, 0.15) is 5.75 Å². The Morgan fingerprint density at radius 2 is 1.96 bits per heavy atom. The Kier molecular flexibility index (Phi) is 6.16. The van der Waals surface area contributed by atoms with Crippen molar-refractivity contribution in [1.82, 2.24) is 0 Å². The van der Waals surface area contributed by atoms with Crippen LogP contribution in [0.1, 0.15) is 13.3 Å². The predicted molar refractivity (Wildman–Crippen MR) is 104 cm³/mol. The van der Waals surface area contributed by atoms with Crippen molar-refractivity contribution in [3.8, 4) is 17.2 Å². The highest BCUT2D eigenvalue weighted by Crippen LogP contribution is 2.35. The molecule has 1 aliphatic heterocycles. The number of hydrogen-bond donors (Lipinski definition) is 1. The quantitative estimate of drug-likeness (QED) is 0.750. The van der Waals surface area contributed by atoms with Crippen LogP contribution in [0.15, 0.2) is 41.3 Å². The third-order valence-electron chi connectivity index (χ3n) is 3.82. The molecule has 0 aromatic heterocycles. The van der Waals surface area contributed by atoms with Gasteiger partial charge in [0.2, 0.25) is 5.91 Å². The minimum atomic E-state index is -0.291. The van der Waals surface area contributed by atoms with Gasteiger partial charge in [-0.2, -0.15) is 0 Å². The number of benzene rings is 2. The summed E-state index contributed by atoms with van der Waals surface area (Å²) in [5, 5.41) is 3.03. The van der Waals surface area contributed by atoms with Crippen LogP contribution >= 0.6 is 23.4 Å². The van der Waals surface area contributed by atoms with Gasteiger partial charge < -0.3 is 19.5 Å². The Morgan fingerprint density at radius 1 is 1.19 bits per heavy atom. The molecule has 1 heterocycles. The predicted octanol–water partition coefficient (Wildman–Crippen LogP) is 4.63. The first-order chi connectivity index (χ1) is 12.6. The summed E-state index contributed by atoms with van der Waals surface area (Å²) in [6.45, 7) is 3.15. The van der Waals surface area contributed by atoms with E-state index in [1.54, 1.807) is 25.3 Å². The van der Waals surface area contributed by atoms with E-state index in [2.05, 4.69) is 5.32 Å². The second-order valence-electron chi connectivity index (χ2n) is 5.76. The van der Waals surface area contributed by atoms with Crippen LogP contribution in [0.3, 0.4) is 0 Å². The minimum Gasteiger partial charge on any atom is -0.495 e. The van der Waals surface area contributed by atoms with Crippen LogP contribution in [0.4, 0.5) is 5.69 Å². The summed E-state index contributed by atoms with van der Waals surface area (Å²) in [5.41, 5.74) is 0.631. The van der Waals surface area contributed by atoms with E-state index in [-0.39, 0.29) is 11.2 Å². The van der Waals surface area contributed by atoms with Gasteiger partial charge in [0.05, 0.1) is 30.6 Å². The summed E-state index contributed by atoms with van der Waals surface area (Å²) in [6, 6.07) is 10.9. The number of carbonyl (C=O) groups excluding carboxylic acids is 1. The van der Waals surface area contributed by atoms with Crippen molar-refractivity contribution in [3.05, 3.63) is 41.4 Å². The number of rotatable bonds is 5. The largest absolute Gasteiger partial charge is 0.495 e. The number of methoxy groups -OCH3 is 1. The Hall–Kier alpha value is -2.05. The lowest BCUT2D eigenvalue weighted by molar-refractivity contribution is -0.115. The van der Waals surface area contributed by atoms with Crippen molar-refractivity contribution >= 4 is 35.0 Å². The second-order valence-corrected chi connectivity index (χ2v) is 7.58. The summed E-state index contributed by atoms with van der Waals surface area (Å²) >= 11 is 7.55. The fourth-order valence-corrected chi connectivity index (χ4v) is 3.62. The Balaban J connectivity index is 1.64. The molecule has 1 amide bonds. The van der Waals surface area contributed by atoms with Crippen LogP contribution in [0.2, 0.25) is 5.02 Å². The first kappa shape index (κ1) is 18.7. The highest BCUT2D eigenvalue weighted by atomic mass is 35.5. The van der Waals surface area contributed by atoms with E-state index in [0.29, 0.717) is 29.7 Å². The molecule has 138 valence electrons. The zero-order chi connectivity index (χ0) is 18.5. The maximum Gasteiger partial charge on any atom is 0.237 e. The fourth-order valence-electron chi connectivity index (χ4n) is 2.46. The summed E-state index contributed by atoms with van der Waals surface area (Å²) < 4.78 is 16.4. The molecule has 0 saturated carbocycles. The molecule has 26 heavy (non-hydrogen) atoms. The van der Waals surface area contributed by atoms with Gasteiger partial charge in [0, 0.05) is 17.0 Å². The molecule has 0 fully saturated rings. The van der Waals surface area contributed by atoms with Crippen LogP contribution in [0.5, 0.6) is 17.2 Å². The van der Waals surface area contributed by atoms with E-state index in [1.807, 2.05) is 25.1 Å². The number of hydrogen-bond acceptors (Lipinski definition) is 5. The van der Waals surface area contributed by atoms with Gasteiger partial charge in [-0.1, -0.05) is 11.6 Å². The van der Waals surface area contributed by atoms with Crippen molar-refractivity contribution in [1.29, 1.82) is 0 Å². The monoisotopic (exact) mass is 393 g/mol. The highest BCUT2D eigenvalue weighted by Gasteiger charge is 2.17.